The molecule has 0 radical (unpaired) electrons. The zero-order chi connectivity index (χ0) is 15.0. The van der Waals surface area contributed by atoms with Crippen LogP contribution in [0.4, 0.5) is 4.39 Å². The fraction of sp³-hybridized carbons (Fsp3) is 0.647. The van der Waals surface area contributed by atoms with Gasteiger partial charge in [0.1, 0.15) is 5.82 Å². The fourth-order valence-corrected chi connectivity index (χ4v) is 3.45. The molecule has 1 aliphatic heterocycles. The van der Waals surface area contributed by atoms with Gasteiger partial charge in [-0.3, -0.25) is 4.90 Å². The van der Waals surface area contributed by atoms with Gasteiger partial charge in [0.05, 0.1) is 0 Å². The van der Waals surface area contributed by atoms with Gasteiger partial charge in [-0.15, -0.1) is 0 Å². The van der Waals surface area contributed by atoms with Gasteiger partial charge in [-0.2, -0.15) is 0 Å². The van der Waals surface area contributed by atoms with E-state index in [1.165, 1.54) is 18.9 Å². The van der Waals surface area contributed by atoms with E-state index in [0.29, 0.717) is 11.1 Å². The molecule has 1 saturated heterocycles. The van der Waals surface area contributed by atoms with Crippen molar-refractivity contribution < 1.29 is 4.39 Å². The number of rotatable bonds is 4. The number of nitrogens with one attached hydrogen (secondary N) is 1. The van der Waals surface area contributed by atoms with Crippen LogP contribution in [0.25, 0.3) is 0 Å². The summed E-state index contributed by atoms with van der Waals surface area (Å²) in [4.78, 5) is 2.49. The fourth-order valence-electron chi connectivity index (χ4n) is 3.27. The molecule has 1 N–H and O–H groups in total. The van der Waals surface area contributed by atoms with Crippen LogP contribution in [0.5, 0.6) is 0 Å². The Hall–Kier alpha value is -0.640. The first-order valence-electron chi connectivity index (χ1n) is 7.94. The number of piperazine rings is 1. The lowest BCUT2D eigenvalue weighted by Gasteiger charge is -2.48. The third-order valence-corrected chi connectivity index (χ3v) is 5.62. The Morgan fingerprint density at radius 1 is 1.43 bits per heavy atom. The van der Waals surface area contributed by atoms with Crippen molar-refractivity contribution in [3.8, 4) is 0 Å². The molecule has 116 valence electrons. The van der Waals surface area contributed by atoms with Gasteiger partial charge >= 0.3 is 0 Å². The average molecular weight is 311 g/mol. The van der Waals surface area contributed by atoms with E-state index in [9.17, 15) is 4.39 Å². The molecular formula is C17H24ClFN2. The Morgan fingerprint density at radius 2 is 2.19 bits per heavy atom. The lowest BCUT2D eigenvalue weighted by molar-refractivity contribution is 0.0369. The molecular weight excluding hydrogens is 287 g/mol. The predicted molar refractivity (Wildman–Crippen MR) is 85.0 cm³/mol. The van der Waals surface area contributed by atoms with Crippen molar-refractivity contribution in [3.05, 3.63) is 34.6 Å². The molecule has 2 aliphatic rings. The predicted octanol–water partition coefficient (Wildman–Crippen LogP) is 3.83. The third kappa shape index (κ3) is 3.25. The monoisotopic (exact) mass is 310 g/mol. The molecule has 21 heavy (non-hydrogen) atoms. The molecule has 1 heterocycles. The van der Waals surface area contributed by atoms with Crippen LogP contribution >= 0.6 is 11.6 Å². The van der Waals surface area contributed by atoms with Crippen LogP contribution in [0.2, 0.25) is 5.02 Å². The molecule has 4 heteroatoms. The van der Waals surface area contributed by atoms with E-state index in [-0.39, 0.29) is 11.4 Å². The maximum absolute atomic E-state index is 13.5. The summed E-state index contributed by atoms with van der Waals surface area (Å²) in [6.07, 6.45) is 3.76. The van der Waals surface area contributed by atoms with Crippen molar-refractivity contribution in [2.45, 2.75) is 51.2 Å². The van der Waals surface area contributed by atoms with Crippen molar-refractivity contribution in [1.29, 1.82) is 0 Å². The van der Waals surface area contributed by atoms with Crippen molar-refractivity contribution in [3.63, 3.8) is 0 Å². The van der Waals surface area contributed by atoms with Crippen LogP contribution < -0.4 is 5.32 Å². The zero-order valence-corrected chi connectivity index (χ0v) is 13.6. The highest BCUT2D eigenvalue weighted by Gasteiger charge is 2.41. The van der Waals surface area contributed by atoms with E-state index in [2.05, 4.69) is 24.1 Å². The SMILES string of the molecule is CCC1(C)CNC(C2CC2)CN1Cc1cc(F)ccc1Cl. The maximum atomic E-state index is 13.5. The van der Waals surface area contributed by atoms with Crippen LogP contribution in [-0.4, -0.2) is 29.6 Å². The quantitative estimate of drug-likeness (QED) is 0.909. The highest BCUT2D eigenvalue weighted by molar-refractivity contribution is 6.31. The molecule has 2 nitrogen and oxygen atoms in total. The van der Waals surface area contributed by atoms with Crippen molar-refractivity contribution in [2.24, 2.45) is 5.92 Å². The van der Waals surface area contributed by atoms with E-state index >= 15 is 0 Å². The second kappa shape index (κ2) is 5.86. The normalized spacial score (nSPS) is 30.6. The molecule has 1 saturated carbocycles. The maximum Gasteiger partial charge on any atom is 0.123 e. The largest absolute Gasteiger partial charge is 0.311 e. The summed E-state index contributed by atoms with van der Waals surface area (Å²) in [7, 11) is 0. The highest BCUT2D eigenvalue weighted by atomic mass is 35.5. The molecule has 0 spiro atoms. The molecule has 0 aromatic heterocycles. The van der Waals surface area contributed by atoms with Crippen LogP contribution in [0.3, 0.4) is 0 Å². The first-order chi connectivity index (χ1) is 10.0. The van der Waals surface area contributed by atoms with Gasteiger partial charge in [0.15, 0.2) is 0 Å². The number of halogens is 2. The summed E-state index contributed by atoms with van der Waals surface area (Å²) in [6, 6.07) is 5.25. The van der Waals surface area contributed by atoms with Crippen LogP contribution in [-0.2, 0) is 6.54 Å². The molecule has 2 fully saturated rings. The lowest BCUT2D eigenvalue weighted by atomic mass is 9.90. The third-order valence-electron chi connectivity index (χ3n) is 5.25. The summed E-state index contributed by atoms with van der Waals surface area (Å²) < 4.78 is 13.5. The van der Waals surface area contributed by atoms with Crippen molar-refractivity contribution in [1.82, 2.24) is 10.2 Å². The molecule has 1 aliphatic carbocycles. The second-order valence-electron chi connectivity index (χ2n) is 6.79. The second-order valence-corrected chi connectivity index (χ2v) is 7.20. The van der Waals surface area contributed by atoms with Crippen molar-refractivity contribution >= 4 is 11.6 Å². The van der Waals surface area contributed by atoms with Gasteiger partial charge in [0, 0.05) is 36.2 Å². The summed E-state index contributed by atoms with van der Waals surface area (Å²) in [5.41, 5.74) is 1.01. The van der Waals surface area contributed by atoms with Gasteiger partial charge in [-0.05, 0) is 55.9 Å². The highest BCUT2D eigenvalue weighted by Crippen LogP contribution is 2.37. The van der Waals surface area contributed by atoms with E-state index < -0.39 is 0 Å². The van der Waals surface area contributed by atoms with Gasteiger partial charge in [-0.1, -0.05) is 18.5 Å². The number of hydrogen-bond donors (Lipinski definition) is 1. The van der Waals surface area contributed by atoms with E-state index in [4.69, 9.17) is 11.6 Å². The Bertz CT molecular complexity index is 518. The average Bonchev–Trinajstić information content (AvgIpc) is 3.30. The number of hydrogen-bond acceptors (Lipinski definition) is 2. The summed E-state index contributed by atoms with van der Waals surface area (Å²) >= 11 is 6.25. The molecule has 2 unspecified atom stereocenters. The minimum atomic E-state index is -0.207. The first kappa shape index (κ1) is 15.3. The minimum Gasteiger partial charge on any atom is -0.311 e. The van der Waals surface area contributed by atoms with Crippen LogP contribution in [0.15, 0.2) is 18.2 Å². The van der Waals surface area contributed by atoms with Crippen LogP contribution in [0, 0.1) is 11.7 Å². The first-order valence-corrected chi connectivity index (χ1v) is 8.32. The Morgan fingerprint density at radius 3 is 2.86 bits per heavy atom. The molecule has 0 amide bonds. The van der Waals surface area contributed by atoms with E-state index in [1.54, 1.807) is 12.1 Å². The smallest absolute Gasteiger partial charge is 0.123 e. The Labute approximate surface area is 131 Å². The van der Waals surface area contributed by atoms with Gasteiger partial charge < -0.3 is 5.32 Å². The van der Waals surface area contributed by atoms with Gasteiger partial charge in [0.25, 0.3) is 0 Å². The zero-order valence-electron chi connectivity index (χ0n) is 12.8. The molecule has 1 aromatic carbocycles. The van der Waals surface area contributed by atoms with Crippen LogP contribution in [0.1, 0.15) is 38.7 Å². The standard InChI is InChI=1S/C17H24ClFN2/c1-3-17(2)11-20-16(12-4-5-12)10-21(17)9-13-8-14(19)6-7-15(13)18/h6-8,12,16,20H,3-5,9-11H2,1-2H3. The van der Waals surface area contributed by atoms with E-state index in [1.807, 2.05) is 0 Å². The molecule has 0 bridgehead atoms. The minimum absolute atomic E-state index is 0.112. The Balaban J connectivity index is 1.79. The summed E-state index contributed by atoms with van der Waals surface area (Å²) in [5, 5.41) is 4.38. The van der Waals surface area contributed by atoms with E-state index in [0.717, 1.165) is 37.5 Å². The molecule has 3 rings (SSSR count). The lowest BCUT2D eigenvalue weighted by Crippen LogP contribution is -2.63. The van der Waals surface area contributed by atoms with Gasteiger partial charge in [0.2, 0.25) is 0 Å². The topological polar surface area (TPSA) is 15.3 Å². The van der Waals surface area contributed by atoms with Crippen molar-refractivity contribution in [2.75, 3.05) is 13.1 Å². The summed E-state index contributed by atoms with van der Waals surface area (Å²) in [6.45, 7) is 7.26. The molecule has 1 aromatic rings. The Kier molecular flexibility index (Phi) is 4.26. The summed E-state index contributed by atoms with van der Waals surface area (Å²) in [5.74, 6) is 0.623. The number of benzene rings is 1. The van der Waals surface area contributed by atoms with Gasteiger partial charge in [-0.25, -0.2) is 4.39 Å². The number of nitrogens with zero attached hydrogens (tertiary/aromatic N) is 1. The molecule has 2 atom stereocenters.